The fraction of sp³-hybridized carbons (Fsp3) is 0.471. The molecule has 1 fully saturated rings. The van der Waals surface area contributed by atoms with Crippen LogP contribution in [0.3, 0.4) is 0 Å². The van der Waals surface area contributed by atoms with Crippen LogP contribution < -0.4 is 5.32 Å². The van der Waals surface area contributed by atoms with E-state index in [0.29, 0.717) is 19.2 Å². The SMILES string of the molecule is COCCN(CC1CCCN1)C(=O)/C=C/c1ccccc1. The molecule has 0 aromatic heterocycles. The Bertz CT molecular complexity index is 453. The molecule has 1 amide bonds. The van der Waals surface area contributed by atoms with Crippen LogP contribution in [0, 0.1) is 0 Å². The fourth-order valence-corrected chi connectivity index (χ4v) is 2.51. The van der Waals surface area contributed by atoms with Gasteiger partial charge in [0.2, 0.25) is 5.91 Å². The maximum Gasteiger partial charge on any atom is 0.246 e. The average Bonchev–Trinajstić information content (AvgIpc) is 3.03. The van der Waals surface area contributed by atoms with Crippen molar-refractivity contribution < 1.29 is 9.53 Å². The summed E-state index contributed by atoms with van der Waals surface area (Å²) in [4.78, 5) is 14.2. The van der Waals surface area contributed by atoms with E-state index in [9.17, 15) is 4.79 Å². The van der Waals surface area contributed by atoms with Gasteiger partial charge in [0, 0.05) is 32.3 Å². The lowest BCUT2D eigenvalue weighted by molar-refractivity contribution is -0.126. The maximum atomic E-state index is 12.4. The zero-order valence-corrected chi connectivity index (χ0v) is 12.6. The van der Waals surface area contributed by atoms with Crippen LogP contribution in [-0.2, 0) is 9.53 Å². The molecular weight excluding hydrogens is 264 g/mol. The smallest absolute Gasteiger partial charge is 0.246 e. The number of nitrogens with zero attached hydrogens (tertiary/aromatic N) is 1. The summed E-state index contributed by atoms with van der Waals surface area (Å²) in [5, 5.41) is 3.43. The summed E-state index contributed by atoms with van der Waals surface area (Å²) >= 11 is 0. The van der Waals surface area contributed by atoms with Gasteiger partial charge in [-0.2, -0.15) is 0 Å². The molecule has 1 aromatic rings. The van der Waals surface area contributed by atoms with Crippen LogP contribution in [0.5, 0.6) is 0 Å². The van der Waals surface area contributed by atoms with Crippen molar-refractivity contribution in [1.82, 2.24) is 10.2 Å². The van der Waals surface area contributed by atoms with Crippen LogP contribution >= 0.6 is 0 Å². The van der Waals surface area contributed by atoms with E-state index in [1.165, 1.54) is 6.42 Å². The fourth-order valence-electron chi connectivity index (χ4n) is 2.51. The molecule has 1 unspecified atom stereocenters. The predicted octanol–water partition coefficient (Wildman–Crippen LogP) is 1.93. The molecule has 1 saturated heterocycles. The van der Waals surface area contributed by atoms with Gasteiger partial charge < -0.3 is 15.0 Å². The van der Waals surface area contributed by atoms with Gasteiger partial charge in [-0.3, -0.25) is 4.79 Å². The Labute approximate surface area is 126 Å². The van der Waals surface area contributed by atoms with Crippen molar-refractivity contribution in [3.05, 3.63) is 42.0 Å². The highest BCUT2D eigenvalue weighted by Crippen LogP contribution is 2.08. The summed E-state index contributed by atoms with van der Waals surface area (Å²) in [5.41, 5.74) is 1.04. The summed E-state index contributed by atoms with van der Waals surface area (Å²) in [6, 6.07) is 10.3. The Morgan fingerprint density at radius 3 is 2.90 bits per heavy atom. The largest absolute Gasteiger partial charge is 0.383 e. The van der Waals surface area contributed by atoms with E-state index in [4.69, 9.17) is 4.74 Å². The molecule has 1 aliphatic heterocycles. The first kappa shape index (κ1) is 15.7. The van der Waals surface area contributed by atoms with Gasteiger partial charge in [-0.25, -0.2) is 0 Å². The van der Waals surface area contributed by atoms with Crippen LogP contribution in [0.4, 0.5) is 0 Å². The van der Waals surface area contributed by atoms with Gasteiger partial charge >= 0.3 is 0 Å². The van der Waals surface area contributed by atoms with E-state index in [2.05, 4.69) is 5.32 Å². The third-order valence-corrected chi connectivity index (χ3v) is 3.70. The Morgan fingerprint density at radius 2 is 2.24 bits per heavy atom. The molecule has 4 nitrogen and oxygen atoms in total. The van der Waals surface area contributed by atoms with Crippen molar-refractivity contribution in [3.63, 3.8) is 0 Å². The molecule has 21 heavy (non-hydrogen) atoms. The third-order valence-electron chi connectivity index (χ3n) is 3.70. The first-order valence-corrected chi connectivity index (χ1v) is 7.54. The molecule has 1 heterocycles. The van der Waals surface area contributed by atoms with Crippen LogP contribution in [0.15, 0.2) is 36.4 Å². The van der Waals surface area contributed by atoms with Crippen LogP contribution in [0.1, 0.15) is 18.4 Å². The first-order chi connectivity index (χ1) is 10.3. The second-order valence-electron chi connectivity index (χ2n) is 5.31. The molecule has 2 rings (SSSR count). The van der Waals surface area contributed by atoms with Crippen molar-refractivity contribution in [1.29, 1.82) is 0 Å². The Morgan fingerprint density at radius 1 is 1.43 bits per heavy atom. The lowest BCUT2D eigenvalue weighted by Gasteiger charge is -2.24. The number of benzene rings is 1. The topological polar surface area (TPSA) is 41.6 Å². The van der Waals surface area contributed by atoms with Crippen molar-refractivity contribution in [2.24, 2.45) is 0 Å². The molecule has 1 atom stereocenters. The summed E-state index contributed by atoms with van der Waals surface area (Å²) in [5.74, 6) is 0.0459. The summed E-state index contributed by atoms with van der Waals surface area (Å²) in [6.45, 7) is 3.00. The van der Waals surface area contributed by atoms with E-state index in [1.807, 2.05) is 41.3 Å². The number of methoxy groups -OCH3 is 1. The van der Waals surface area contributed by atoms with Crippen LogP contribution in [-0.4, -0.2) is 50.2 Å². The number of nitrogens with one attached hydrogen (secondary N) is 1. The standard InChI is InChI=1S/C17H24N2O2/c1-21-13-12-19(14-16-8-5-11-18-16)17(20)10-9-15-6-3-2-4-7-15/h2-4,6-7,9-10,16,18H,5,8,11-14H2,1H3/b10-9+. The summed E-state index contributed by atoms with van der Waals surface area (Å²) in [7, 11) is 1.66. The number of carbonyl (C=O) groups excluding carboxylic acids is 1. The molecule has 1 N–H and O–H groups in total. The van der Waals surface area contributed by atoms with Gasteiger partial charge in [-0.15, -0.1) is 0 Å². The van der Waals surface area contributed by atoms with E-state index >= 15 is 0 Å². The monoisotopic (exact) mass is 288 g/mol. The molecular formula is C17H24N2O2. The lowest BCUT2D eigenvalue weighted by Crippen LogP contribution is -2.42. The van der Waals surface area contributed by atoms with Crippen molar-refractivity contribution in [2.75, 3.05) is 33.4 Å². The summed E-state index contributed by atoms with van der Waals surface area (Å²) < 4.78 is 5.11. The van der Waals surface area contributed by atoms with Crippen molar-refractivity contribution in [2.45, 2.75) is 18.9 Å². The van der Waals surface area contributed by atoms with E-state index in [0.717, 1.165) is 25.1 Å². The van der Waals surface area contributed by atoms with E-state index < -0.39 is 0 Å². The second-order valence-corrected chi connectivity index (χ2v) is 5.31. The van der Waals surface area contributed by atoms with E-state index in [-0.39, 0.29) is 5.91 Å². The zero-order valence-electron chi connectivity index (χ0n) is 12.6. The number of carbonyl (C=O) groups is 1. The highest BCUT2D eigenvalue weighted by molar-refractivity contribution is 5.91. The van der Waals surface area contributed by atoms with Gasteiger partial charge in [0.1, 0.15) is 0 Å². The molecule has 1 aliphatic rings. The van der Waals surface area contributed by atoms with Crippen LogP contribution in [0.2, 0.25) is 0 Å². The van der Waals surface area contributed by atoms with Crippen molar-refractivity contribution in [3.8, 4) is 0 Å². The Hall–Kier alpha value is -1.65. The molecule has 0 spiro atoms. The molecule has 114 valence electrons. The van der Waals surface area contributed by atoms with Gasteiger partial charge in [0.25, 0.3) is 0 Å². The minimum Gasteiger partial charge on any atom is -0.383 e. The minimum absolute atomic E-state index is 0.0459. The number of rotatable bonds is 7. The van der Waals surface area contributed by atoms with E-state index in [1.54, 1.807) is 13.2 Å². The molecule has 0 radical (unpaired) electrons. The van der Waals surface area contributed by atoms with Gasteiger partial charge in [-0.05, 0) is 31.0 Å². The first-order valence-electron chi connectivity index (χ1n) is 7.54. The number of amides is 1. The average molecular weight is 288 g/mol. The number of hydrogen-bond acceptors (Lipinski definition) is 3. The van der Waals surface area contributed by atoms with Crippen molar-refractivity contribution >= 4 is 12.0 Å². The zero-order chi connectivity index (χ0) is 14.9. The highest BCUT2D eigenvalue weighted by atomic mass is 16.5. The lowest BCUT2D eigenvalue weighted by atomic mass is 10.2. The molecule has 0 bridgehead atoms. The maximum absolute atomic E-state index is 12.4. The van der Waals surface area contributed by atoms with Gasteiger partial charge in [-0.1, -0.05) is 30.3 Å². The quantitative estimate of drug-likeness (QED) is 0.780. The molecule has 0 saturated carbocycles. The predicted molar refractivity (Wildman–Crippen MR) is 85.0 cm³/mol. The molecule has 0 aliphatic carbocycles. The highest BCUT2D eigenvalue weighted by Gasteiger charge is 2.19. The minimum atomic E-state index is 0.0459. The van der Waals surface area contributed by atoms with Gasteiger partial charge in [0.05, 0.1) is 6.61 Å². The van der Waals surface area contributed by atoms with Crippen LogP contribution in [0.25, 0.3) is 6.08 Å². The second kappa shape index (κ2) is 8.60. The molecule has 4 heteroatoms. The normalized spacial score (nSPS) is 18.2. The third kappa shape index (κ3) is 5.33. The summed E-state index contributed by atoms with van der Waals surface area (Å²) in [6.07, 6.45) is 5.85. The Kier molecular flexibility index (Phi) is 6.44. The molecule has 1 aromatic carbocycles. The number of ether oxygens (including phenoxy) is 1. The Balaban J connectivity index is 1.94. The number of hydrogen-bond donors (Lipinski definition) is 1. The van der Waals surface area contributed by atoms with Gasteiger partial charge in [0.15, 0.2) is 0 Å².